The lowest BCUT2D eigenvalue weighted by Gasteiger charge is -2.15. The lowest BCUT2D eigenvalue weighted by Crippen LogP contribution is -2.14. The Morgan fingerprint density at radius 1 is 1.37 bits per heavy atom. The molecule has 0 fully saturated rings. The van der Waals surface area contributed by atoms with Gasteiger partial charge in [0.2, 0.25) is 0 Å². The summed E-state index contributed by atoms with van der Waals surface area (Å²) in [6.45, 7) is 7.88. The number of hydrogen-bond acceptors (Lipinski definition) is 3. The summed E-state index contributed by atoms with van der Waals surface area (Å²) in [5.41, 5.74) is 2.40. The molecule has 1 N–H and O–H groups in total. The summed E-state index contributed by atoms with van der Waals surface area (Å²) in [4.78, 5) is 0. The van der Waals surface area contributed by atoms with E-state index in [4.69, 9.17) is 9.47 Å². The topological polar surface area (TPSA) is 30.5 Å². The van der Waals surface area contributed by atoms with Crippen molar-refractivity contribution in [1.82, 2.24) is 5.32 Å². The minimum absolute atomic E-state index is 0.493. The van der Waals surface area contributed by atoms with E-state index in [0.29, 0.717) is 12.5 Å². The SMILES string of the molecule is CCOc1cccc(C=C(CNC)C(C)C)c1OC. The van der Waals surface area contributed by atoms with Crippen LogP contribution in [0, 0.1) is 5.92 Å². The lowest BCUT2D eigenvalue weighted by atomic mass is 9.99. The van der Waals surface area contributed by atoms with Crippen LogP contribution in [0.1, 0.15) is 26.3 Å². The van der Waals surface area contributed by atoms with Crippen molar-refractivity contribution in [2.75, 3.05) is 27.3 Å². The van der Waals surface area contributed by atoms with Gasteiger partial charge >= 0.3 is 0 Å². The summed E-state index contributed by atoms with van der Waals surface area (Å²) in [7, 11) is 3.65. The molecule has 0 aromatic heterocycles. The second-order valence-corrected chi connectivity index (χ2v) is 4.72. The van der Waals surface area contributed by atoms with Crippen molar-refractivity contribution in [3.63, 3.8) is 0 Å². The zero-order chi connectivity index (χ0) is 14.3. The summed E-state index contributed by atoms with van der Waals surface area (Å²) in [6, 6.07) is 5.99. The fourth-order valence-corrected chi connectivity index (χ4v) is 1.96. The molecule has 0 heterocycles. The molecular formula is C16H25NO2. The molecule has 0 atom stereocenters. The molecule has 1 aromatic carbocycles. The van der Waals surface area contributed by atoms with Crippen molar-refractivity contribution >= 4 is 6.08 Å². The van der Waals surface area contributed by atoms with Crippen molar-refractivity contribution < 1.29 is 9.47 Å². The van der Waals surface area contributed by atoms with Crippen LogP contribution in [-0.2, 0) is 0 Å². The number of methoxy groups -OCH3 is 1. The minimum Gasteiger partial charge on any atom is -0.492 e. The molecule has 3 nitrogen and oxygen atoms in total. The maximum atomic E-state index is 5.60. The maximum absolute atomic E-state index is 5.60. The molecule has 3 heteroatoms. The normalized spacial score (nSPS) is 11.8. The van der Waals surface area contributed by atoms with E-state index in [0.717, 1.165) is 23.6 Å². The van der Waals surface area contributed by atoms with Gasteiger partial charge in [0.15, 0.2) is 11.5 Å². The van der Waals surface area contributed by atoms with Gasteiger partial charge in [-0.25, -0.2) is 0 Å². The Hall–Kier alpha value is -1.48. The number of likely N-dealkylation sites (N-methyl/N-ethyl adjacent to an activating group) is 1. The van der Waals surface area contributed by atoms with Gasteiger partial charge in [0.25, 0.3) is 0 Å². The van der Waals surface area contributed by atoms with E-state index < -0.39 is 0 Å². The predicted molar refractivity (Wildman–Crippen MR) is 80.9 cm³/mol. The maximum Gasteiger partial charge on any atom is 0.167 e. The van der Waals surface area contributed by atoms with E-state index in [9.17, 15) is 0 Å². The zero-order valence-electron chi connectivity index (χ0n) is 12.6. The molecule has 0 radical (unpaired) electrons. The molecule has 0 amide bonds. The third-order valence-electron chi connectivity index (χ3n) is 2.98. The highest BCUT2D eigenvalue weighted by Gasteiger charge is 2.10. The number of para-hydroxylation sites is 1. The highest BCUT2D eigenvalue weighted by molar-refractivity contribution is 5.64. The van der Waals surface area contributed by atoms with Crippen LogP contribution in [0.4, 0.5) is 0 Å². The molecule has 0 aliphatic carbocycles. The largest absolute Gasteiger partial charge is 0.492 e. The van der Waals surface area contributed by atoms with Crippen molar-refractivity contribution in [2.24, 2.45) is 5.92 Å². The van der Waals surface area contributed by atoms with Gasteiger partial charge in [0.05, 0.1) is 13.7 Å². The first-order chi connectivity index (χ1) is 9.13. The standard InChI is InChI=1S/C16H25NO2/c1-6-19-15-9-7-8-13(16(15)18-5)10-14(11-17-4)12(2)3/h7-10,12,17H,6,11H2,1-5H3. The highest BCUT2D eigenvalue weighted by Crippen LogP contribution is 2.33. The van der Waals surface area contributed by atoms with E-state index in [1.807, 2.05) is 26.1 Å². The minimum atomic E-state index is 0.493. The molecule has 1 aromatic rings. The van der Waals surface area contributed by atoms with Crippen molar-refractivity contribution in [3.05, 3.63) is 29.3 Å². The molecule has 0 aliphatic heterocycles. The van der Waals surface area contributed by atoms with Crippen LogP contribution in [0.15, 0.2) is 23.8 Å². The number of ether oxygens (including phenoxy) is 2. The second-order valence-electron chi connectivity index (χ2n) is 4.72. The van der Waals surface area contributed by atoms with Crippen molar-refractivity contribution in [1.29, 1.82) is 0 Å². The smallest absolute Gasteiger partial charge is 0.167 e. The Kier molecular flexibility index (Phi) is 6.43. The number of rotatable bonds is 7. The van der Waals surface area contributed by atoms with Gasteiger partial charge in [0, 0.05) is 12.1 Å². The number of benzene rings is 1. The summed E-state index contributed by atoms with van der Waals surface area (Å²) < 4.78 is 11.1. The molecule has 0 unspecified atom stereocenters. The van der Waals surface area contributed by atoms with Crippen LogP contribution in [0.25, 0.3) is 6.08 Å². The van der Waals surface area contributed by atoms with Crippen LogP contribution in [0.2, 0.25) is 0 Å². The Labute approximate surface area is 116 Å². The Morgan fingerprint density at radius 3 is 2.63 bits per heavy atom. The molecule has 0 bridgehead atoms. The van der Waals surface area contributed by atoms with Crippen LogP contribution in [0.3, 0.4) is 0 Å². The van der Waals surface area contributed by atoms with Gasteiger partial charge in [0.1, 0.15) is 0 Å². The second kappa shape index (κ2) is 7.85. The molecular weight excluding hydrogens is 238 g/mol. The van der Waals surface area contributed by atoms with E-state index in [1.54, 1.807) is 7.11 Å². The first kappa shape index (κ1) is 15.6. The summed E-state index contributed by atoms with van der Waals surface area (Å²) in [6.07, 6.45) is 2.18. The van der Waals surface area contributed by atoms with Crippen LogP contribution in [-0.4, -0.2) is 27.3 Å². The van der Waals surface area contributed by atoms with Crippen LogP contribution < -0.4 is 14.8 Å². The molecule has 0 aliphatic rings. The van der Waals surface area contributed by atoms with Gasteiger partial charge in [-0.15, -0.1) is 0 Å². The third-order valence-corrected chi connectivity index (χ3v) is 2.98. The fraction of sp³-hybridized carbons (Fsp3) is 0.500. The van der Waals surface area contributed by atoms with Gasteiger partial charge < -0.3 is 14.8 Å². The summed E-state index contributed by atoms with van der Waals surface area (Å²) in [5, 5.41) is 3.21. The fourth-order valence-electron chi connectivity index (χ4n) is 1.96. The number of nitrogens with one attached hydrogen (secondary N) is 1. The zero-order valence-corrected chi connectivity index (χ0v) is 12.6. The van der Waals surface area contributed by atoms with Gasteiger partial charge in [-0.1, -0.05) is 37.6 Å². The van der Waals surface area contributed by atoms with Gasteiger partial charge in [-0.3, -0.25) is 0 Å². The monoisotopic (exact) mass is 263 g/mol. The quantitative estimate of drug-likeness (QED) is 0.818. The highest BCUT2D eigenvalue weighted by atomic mass is 16.5. The Balaban J connectivity index is 3.17. The van der Waals surface area contributed by atoms with Crippen molar-refractivity contribution in [2.45, 2.75) is 20.8 Å². The van der Waals surface area contributed by atoms with Gasteiger partial charge in [-0.05, 0) is 26.0 Å². The first-order valence-electron chi connectivity index (χ1n) is 6.78. The van der Waals surface area contributed by atoms with E-state index in [2.05, 4.69) is 31.3 Å². The number of hydrogen-bond donors (Lipinski definition) is 1. The molecule has 106 valence electrons. The third kappa shape index (κ3) is 4.28. The van der Waals surface area contributed by atoms with E-state index in [1.165, 1.54) is 5.57 Å². The predicted octanol–water partition coefficient (Wildman–Crippen LogP) is 3.35. The molecule has 0 saturated heterocycles. The van der Waals surface area contributed by atoms with Crippen LogP contribution >= 0.6 is 0 Å². The molecule has 0 spiro atoms. The molecule has 0 saturated carbocycles. The van der Waals surface area contributed by atoms with E-state index in [-0.39, 0.29) is 0 Å². The van der Waals surface area contributed by atoms with Crippen molar-refractivity contribution in [3.8, 4) is 11.5 Å². The average molecular weight is 263 g/mol. The molecule has 1 rings (SSSR count). The average Bonchev–Trinajstić information content (AvgIpc) is 2.38. The Morgan fingerprint density at radius 2 is 2.11 bits per heavy atom. The van der Waals surface area contributed by atoms with Gasteiger partial charge in [-0.2, -0.15) is 0 Å². The van der Waals surface area contributed by atoms with E-state index >= 15 is 0 Å². The summed E-state index contributed by atoms with van der Waals surface area (Å²) in [5.74, 6) is 2.10. The lowest BCUT2D eigenvalue weighted by molar-refractivity contribution is 0.310. The Bertz CT molecular complexity index is 425. The first-order valence-corrected chi connectivity index (χ1v) is 6.78. The summed E-state index contributed by atoms with van der Waals surface area (Å²) >= 11 is 0. The molecule has 19 heavy (non-hydrogen) atoms. The van der Waals surface area contributed by atoms with Crippen LogP contribution in [0.5, 0.6) is 11.5 Å².